The largest absolute Gasteiger partial charge is 0.364 e. The minimum atomic E-state index is -1.22. The molecule has 13 heavy (non-hydrogen) atoms. The molecule has 0 amide bonds. The molecule has 2 aliphatic heterocycles. The molecule has 0 spiro atoms. The first-order valence-corrected chi connectivity index (χ1v) is 4.58. The summed E-state index contributed by atoms with van der Waals surface area (Å²) in [6.07, 6.45) is -0.663. The van der Waals surface area contributed by atoms with Gasteiger partial charge < -0.3 is 19.3 Å². The SMILES string of the molecule is C[C@H]1OC(C)(O)[C@@H]2OC(C)(C)O[C@@H]21. The minimum absolute atomic E-state index is 0.123. The van der Waals surface area contributed by atoms with E-state index < -0.39 is 11.6 Å². The first-order valence-electron chi connectivity index (χ1n) is 4.58. The predicted molar refractivity (Wildman–Crippen MR) is 45.0 cm³/mol. The Morgan fingerprint density at radius 2 is 1.69 bits per heavy atom. The van der Waals surface area contributed by atoms with Crippen molar-refractivity contribution < 1.29 is 19.3 Å². The van der Waals surface area contributed by atoms with Crippen LogP contribution in [0, 0.1) is 0 Å². The Hall–Kier alpha value is -0.160. The molecular weight excluding hydrogens is 172 g/mol. The molecular formula is C9H16O4. The summed E-state index contributed by atoms with van der Waals surface area (Å²) in [7, 11) is 0. The van der Waals surface area contributed by atoms with Crippen molar-refractivity contribution in [2.75, 3.05) is 0 Å². The fourth-order valence-electron chi connectivity index (χ4n) is 2.06. The smallest absolute Gasteiger partial charge is 0.192 e. The Labute approximate surface area is 77.8 Å². The average molecular weight is 188 g/mol. The van der Waals surface area contributed by atoms with Gasteiger partial charge >= 0.3 is 0 Å². The van der Waals surface area contributed by atoms with Gasteiger partial charge in [0.05, 0.1) is 6.10 Å². The molecule has 4 atom stereocenters. The highest BCUT2D eigenvalue weighted by Gasteiger charge is 2.59. The van der Waals surface area contributed by atoms with Crippen LogP contribution in [0.3, 0.4) is 0 Å². The lowest BCUT2D eigenvalue weighted by molar-refractivity contribution is -0.263. The fraction of sp³-hybridized carbons (Fsp3) is 1.00. The van der Waals surface area contributed by atoms with Crippen molar-refractivity contribution in [3.8, 4) is 0 Å². The maximum atomic E-state index is 9.84. The van der Waals surface area contributed by atoms with Crippen LogP contribution in [0.25, 0.3) is 0 Å². The highest BCUT2D eigenvalue weighted by Crippen LogP contribution is 2.42. The van der Waals surface area contributed by atoms with Crippen LogP contribution in [0.15, 0.2) is 0 Å². The van der Waals surface area contributed by atoms with Crippen molar-refractivity contribution in [1.82, 2.24) is 0 Å². The molecule has 2 aliphatic rings. The van der Waals surface area contributed by atoms with E-state index in [9.17, 15) is 5.11 Å². The van der Waals surface area contributed by atoms with Gasteiger partial charge in [0.2, 0.25) is 0 Å². The molecule has 0 bridgehead atoms. The monoisotopic (exact) mass is 188 g/mol. The zero-order chi connectivity index (χ0) is 9.85. The van der Waals surface area contributed by atoms with Crippen LogP contribution in [-0.4, -0.2) is 35.0 Å². The second-order valence-electron chi connectivity index (χ2n) is 4.40. The number of hydrogen-bond donors (Lipinski definition) is 1. The zero-order valence-corrected chi connectivity index (χ0v) is 8.40. The van der Waals surface area contributed by atoms with Gasteiger partial charge in [0.1, 0.15) is 12.2 Å². The molecule has 1 N–H and O–H groups in total. The van der Waals surface area contributed by atoms with Gasteiger partial charge in [-0.25, -0.2) is 0 Å². The van der Waals surface area contributed by atoms with Crippen LogP contribution in [0.2, 0.25) is 0 Å². The van der Waals surface area contributed by atoms with Crippen molar-refractivity contribution in [1.29, 1.82) is 0 Å². The van der Waals surface area contributed by atoms with Crippen LogP contribution in [0.4, 0.5) is 0 Å². The van der Waals surface area contributed by atoms with Crippen molar-refractivity contribution in [2.45, 2.75) is 57.6 Å². The van der Waals surface area contributed by atoms with Gasteiger partial charge in [0.15, 0.2) is 11.6 Å². The maximum Gasteiger partial charge on any atom is 0.192 e. The summed E-state index contributed by atoms with van der Waals surface area (Å²) < 4.78 is 16.5. The molecule has 2 saturated heterocycles. The van der Waals surface area contributed by atoms with E-state index in [1.165, 1.54) is 0 Å². The number of aliphatic hydroxyl groups is 1. The summed E-state index contributed by atoms with van der Waals surface area (Å²) in [5.41, 5.74) is 0. The number of fused-ring (bicyclic) bond motifs is 1. The van der Waals surface area contributed by atoms with Gasteiger partial charge in [-0.15, -0.1) is 0 Å². The molecule has 2 fully saturated rings. The van der Waals surface area contributed by atoms with E-state index in [2.05, 4.69) is 0 Å². The van der Waals surface area contributed by atoms with Crippen LogP contribution < -0.4 is 0 Å². The normalized spacial score (nSPS) is 53.8. The van der Waals surface area contributed by atoms with E-state index in [1.807, 2.05) is 20.8 Å². The molecule has 76 valence electrons. The molecule has 1 unspecified atom stereocenters. The summed E-state index contributed by atoms with van der Waals surface area (Å²) in [6.45, 7) is 7.17. The number of ether oxygens (including phenoxy) is 3. The quantitative estimate of drug-likeness (QED) is 0.606. The highest BCUT2D eigenvalue weighted by atomic mass is 16.8. The Bertz CT molecular complexity index is 224. The average Bonchev–Trinajstić information content (AvgIpc) is 2.32. The summed E-state index contributed by atoms with van der Waals surface area (Å²) in [5, 5.41) is 9.84. The summed E-state index contributed by atoms with van der Waals surface area (Å²) >= 11 is 0. The van der Waals surface area contributed by atoms with Crippen LogP contribution >= 0.6 is 0 Å². The molecule has 4 nitrogen and oxygen atoms in total. The lowest BCUT2D eigenvalue weighted by Gasteiger charge is -2.26. The van der Waals surface area contributed by atoms with Gasteiger partial charge in [0, 0.05) is 0 Å². The molecule has 0 aromatic carbocycles. The van der Waals surface area contributed by atoms with Gasteiger partial charge in [-0.1, -0.05) is 0 Å². The summed E-state index contributed by atoms with van der Waals surface area (Å²) in [5.74, 6) is -1.84. The predicted octanol–water partition coefficient (Wildman–Crippen LogP) is 0.634. The van der Waals surface area contributed by atoms with Crippen LogP contribution in [-0.2, 0) is 14.2 Å². The lowest BCUT2D eigenvalue weighted by Crippen LogP contribution is -2.40. The first-order chi connectivity index (χ1) is 5.82. The van der Waals surface area contributed by atoms with E-state index >= 15 is 0 Å². The van der Waals surface area contributed by atoms with Gasteiger partial charge in [-0.2, -0.15) is 0 Å². The standard InChI is InChI=1S/C9H16O4/c1-5-6-7(9(4,10)11-5)13-8(2,3)12-6/h5-7,10H,1-4H3/t5-,6-,7-,9?/m1/s1. The van der Waals surface area contributed by atoms with Crippen molar-refractivity contribution in [3.63, 3.8) is 0 Å². The van der Waals surface area contributed by atoms with Crippen LogP contribution in [0.5, 0.6) is 0 Å². The van der Waals surface area contributed by atoms with E-state index in [0.717, 1.165) is 0 Å². The Balaban J connectivity index is 2.23. The molecule has 0 aromatic heterocycles. The molecule has 0 aliphatic carbocycles. The van der Waals surface area contributed by atoms with Crippen molar-refractivity contribution in [2.24, 2.45) is 0 Å². The minimum Gasteiger partial charge on any atom is -0.364 e. The second kappa shape index (κ2) is 2.45. The molecule has 0 radical (unpaired) electrons. The topological polar surface area (TPSA) is 47.9 Å². The van der Waals surface area contributed by atoms with E-state index in [0.29, 0.717) is 0 Å². The molecule has 2 rings (SSSR count). The van der Waals surface area contributed by atoms with E-state index in [1.54, 1.807) is 6.92 Å². The van der Waals surface area contributed by atoms with Gasteiger partial charge in [0.25, 0.3) is 0 Å². The second-order valence-corrected chi connectivity index (χ2v) is 4.40. The van der Waals surface area contributed by atoms with Gasteiger partial charge in [-0.05, 0) is 27.7 Å². The molecule has 0 aromatic rings. The third kappa shape index (κ3) is 1.38. The number of hydrogen-bond acceptors (Lipinski definition) is 4. The lowest BCUT2D eigenvalue weighted by atomic mass is 10.1. The Morgan fingerprint density at radius 1 is 1.08 bits per heavy atom. The summed E-state index contributed by atoms with van der Waals surface area (Å²) in [6, 6.07) is 0. The Kier molecular flexibility index (Phi) is 1.77. The van der Waals surface area contributed by atoms with Crippen molar-refractivity contribution in [3.05, 3.63) is 0 Å². The van der Waals surface area contributed by atoms with Crippen LogP contribution in [0.1, 0.15) is 27.7 Å². The van der Waals surface area contributed by atoms with E-state index in [-0.39, 0.29) is 18.3 Å². The van der Waals surface area contributed by atoms with Crippen molar-refractivity contribution >= 4 is 0 Å². The van der Waals surface area contributed by atoms with E-state index in [4.69, 9.17) is 14.2 Å². The molecule has 4 heteroatoms. The molecule has 0 saturated carbocycles. The zero-order valence-electron chi connectivity index (χ0n) is 8.40. The third-order valence-corrected chi connectivity index (χ3v) is 2.54. The summed E-state index contributed by atoms with van der Waals surface area (Å²) in [4.78, 5) is 0. The number of rotatable bonds is 0. The Morgan fingerprint density at radius 3 is 2.23 bits per heavy atom. The first kappa shape index (κ1) is 9.40. The highest BCUT2D eigenvalue weighted by molar-refractivity contribution is 4.98. The third-order valence-electron chi connectivity index (χ3n) is 2.54. The fourth-order valence-corrected chi connectivity index (χ4v) is 2.06. The molecule has 2 heterocycles. The van der Waals surface area contributed by atoms with Gasteiger partial charge in [-0.3, -0.25) is 0 Å². The maximum absolute atomic E-state index is 9.84.